The van der Waals surface area contributed by atoms with Gasteiger partial charge in [-0.1, -0.05) is 30.6 Å². The van der Waals surface area contributed by atoms with Gasteiger partial charge in [-0.05, 0) is 37.1 Å². The van der Waals surface area contributed by atoms with E-state index in [2.05, 4.69) is 27.7 Å². The Bertz CT molecular complexity index is 773. The first-order valence-electron chi connectivity index (χ1n) is 7.07. The lowest BCUT2D eigenvalue weighted by Crippen LogP contribution is -1.97. The molecule has 3 rings (SSSR count). The lowest BCUT2D eigenvalue weighted by atomic mass is 10.1. The Morgan fingerprint density at radius 1 is 1.29 bits per heavy atom. The highest BCUT2D eigenvalue weighted by Crippen LogP contribution is 2.26. The van der Waals surface area contributed by atoms with E-state index in [9.17, 15) is 5.21 Å². The minimum Gasteiger partial charge on any atom is -0.411 e. The van der Waals surface area contributed by atoms with Crippen molar-refractivity contribution in [2.24, 2.45) is 5.16 Å². The fourth-order valence-corrected chi connectivity index (χ4v) is 3.32. The minimum atomic E-state index is 0.762. The highest BCUT2D eigenvalue weighted by molar-refractivity contribution is 7.16. The van der Waals surface area contributed by atoms with Crippen molar-refractivity contribution in [1.82, 2.24) is 9.55 Å². The first-order valence-corrected chi connectivity index (χ1v) is 7.88. The summed E-state index contributed by atoms with van der Waals surface area (Å²) in [6.07, 6.45) is 4.75. The van der Waals surface area contributed by atoms with E-state index in [0.29, 0.717) is 0 Å². The summed E-state index contributed by atoms with van der Waals surface area (Å²) in [4.78, 5) is 5.42. The highest BCUT2D eigenvalue weighted by atomic mass is 32.1. The molecule has 3 aromatic rings. The van der Waals surface area contributed by atoms with Gasteiger partial charge in [0.05, 0.1) is 21.6 Å². The fourth-order valence-electron chi connectivity index (χ4n) is 2.31. The Morgan fingerprint density at radius 3 is 2.95 bits per heavy atom. The molecule has 0 saturated carbocycles. The number of oxime groups is 1. The quantitative estimate of drug-likeness (QED) is 0.430. The Kier molecular flexibility index (Phi) is 4.01. The van der Waals surface area contributed by atoms with Gasteiger partial charge in [-0.2, -0.15) is 0 Å². The lowest BCUT2D eigenvalue weighted by molar-refractivity contribution is 0.318. The molecule has 0 unspecified atom stereocenters. The van der Waals surface area contributed by atoms with Crippen molar-refractivity contribution in [3.05, 3.63) is 47.6 Å². The summed E-state index contributed by atoms with van der Waals surface area (Å²) in [5.74, 6) is 0. The molecule has 21 heavy (non-hydrogen) atoms. The van der Waals surface area contributed by atoms with Gasteiger partial charge in [-0.3, -0.25) is 4.57 Å². The summed E-state index contributed by atoms with van der Waals surface area (Å²) < 4.78 is 2.07. The highest BCUT2D eigenvalue weighted by Gasteiger charge is 2.10. The second-order valence-corrected chi connectivity index (χ2v) is 5.95. The van der Waals surface area contributed by atoms with Crippen molar-refractivity contribution in [3.8, 4) is 5.00 Å². The topological polar surface area (TPSA) is 50.4 Å². The normalized spacial score (nSPS) is 12.1. The van der Waals surface area contributed by atoms with E-state index < -0.39 is 0 Å². The average Bonchev–Trinajstić information content (AvgIpc) is 3.14. The van der Waals surface area contributed by atoms with Crippen LogP contribution in [-0.2, 0) is 0 Å². The fraction of sp³-hybridized carbons (Fsp3) is 0.250. The van der Waals surface area contributed by atoms with Crippen LogP contribution in [0.15, 0.2) is 47.9 Å². The number of fused-ring (bicyclic) bond motifs is 1. The SMILES string of the molecule is CCCC/C(=N/O)c1ccc(-n2cnc3ccccc32)s1. The maximum Gasteiger partial charge on any atom is 0.101 e. The zero-order valence-electron chi connectivity index (χ0n) is 11.9. The van der Waals surface area contributed by atoms with Crippen molar-refractivity contribution in [3.63, 3.8) is 0 Å². The summed E-state index contributed by atoms with van der Waals surface area (Å²) in [6.45, 7) is 2.13. The van der Waals surface area contributed by atoms with E-state index in [1.54, 1.807) is 11.3 Å². The second kappa shape index (κ2) is 6.10. The summed E-state index contributed by atoms with van der Waals surface area (Å²) in [5, 5.41) is 13.7. The van der Waals surface area contributed by atoms with Crippen LogP contribution in [0.1, 0.15) is 31.1 Å². The molecule has 0 bridgehead atoms. The van der Waals surface area contributed by atoms with Crippen LogP contribution < -0.4 is 0 Å². The molecule has 0 aliphatic heterocycles. The Hall–Kier alpha value is -2.14. The predicted octanol–water partition coefficient (Wildman–Crippen LogP) is 4.46. The molecular formula is C16H17N3OS. The molecule has 4 nitrogen and oxygen atoms in total. The molecule has 0 radical (unpaired) electrons. The zero-order chi connectivity index (χ0) is 14.7. The van der Waals surface area contributed by atoms with Crippen LogP contribution >= 0.6 is 11.3 Å². The summed E-state index contributed by atoms with van der Waals surface area (Å²) in [7, 11) is 0. The molecule has 0 saturated heterocycles. The standard InChI is InChI=1S/C16H17N3OS/c1-2-3-6-13(18-20)15-9-10-16(21-15)19-11-17-12-7-4-5-8-14(12)19/h4-5,7-11,20H,2-3,6H2,1H3/b18-13-. The Morgan fingerprint density at radius 2 is 2.14 bits per heavy atom. The van der Waals surface area contributed by atoms with Crippen LogP contribution in [-0.4, -0.2) is 20.5 Å². The van der Waals surface area contributed by atoms with Crippen LogP contribution in [0.25, 0.3) is 16.0 Å². The molecule has 0 spiro atoms. The predicted molar refractivity (Wildman–Crippen MR) is 86.8 cm³/mol. The first kappa shape index (κ1) is 13.8. The number of rotatable bonds is 5. The van der Waals surface area contributed by atoms with Gasteiger partial charge in [0.1, 0.15) is 11.3 Å². The third-order valence-electron chi connectivity index (χ3n) is 3.46. The first-order chi connectivity index (χ1) is 10.3. The third-order valence-corrected chi connectivity index (χ3v) is 4.59. The molecular weight excluding hydrogens is 282 g/mol. The minimum absolute atomic E-state index is 0.762. The van der Waals surface area contributed by atoms with Crippen LogP contribution in [0.3, 0.4) is 0 Å². The maximum absolute atomic E-state index is 9.19. The zero-order valence-corrected chi connectivity index (χ0v) is 12.7. The number of unbranched alkanes of at least 4 members (excludes halogenated alkanes) is 1. The van der Waals surface area contributed by atoms with E-state index in [4.69, 9.17) is 0 Å². The van der Waals surface area contributed by atoms with Gasteiger partial charge >= 0.3 is 0 Å². The molecule has 2 heterocycles. The average molecular weight is 299 g/mol. The Labute approximate surface area is 127 Å². The molecule has 0 fully saturated rings. The van der Waals surface area contributed by atoms with E-state index >= 15 is 0 Å². The van der Waals surface area contributed by atoms with E-state index in [1.807, 2.05) is 36.7 Å². The van der Waals surface area contributed by atoms with E-state index in [1.165, 1.54) is 0 Å². The number of thiophene rings is 1. The van der Waals surface area contributed by atoms with Gasteiger partial charge in [0.25, 0.3) is 0 Å². The maximum atomic E-state index is 9.19. The van der Waals surface area contributed by atoms with Crippen molar-refractivity contribution >= 4 is 28.1 Å². The van der Waals surface area contributed by atoms with Crippen LogP contribution in [0.5, 0.6) is 0 Å². The monoisotopic (exact) mass is 299 g/mol. The van der Waals surface area contributed by atoms with Crippen LogP contribution in [0, 0.1) is 0 Å². The van der Waals surface area contributed by atoms with Gasteiger partial charge in [-0.25, -0.2) is 4.98 Å². The number of aromatic nitrogens is 2. The summed E-state index contributed by atoms with van der Waals surface area (Å²) in [6, 6.07) is 12.1. The largest absolute Gasteiger partial charge is 0.411 e. The van der Waals surface area contributed by atoms with Gasteiger partial charge in [0.2, 0.25) is 0 Å². The number of imidazole rings is 1. The van der Waals surface area contributed by atoms with Gasteiger partial charge < -0.3 is 5.21 Å². The number of hydrogen-bond acceptors (Lipinski definition) is 4. The lowest BCUT2D eigenvalue weighted by Gasteiger charge is -2.01. The third kappa shape index (κ3) is 2.69. The van der Waals surface area contributed by atoms with Gasteiger partial charge in [0.15, 0.2) is 0 Å². The number of para-hydroxylation sites is 2. The number of benzene rings is 1. The van der Waals surface area contributed by atoms with Crippen LogP contribution in [0.2, 0.25) is 0 Å². The van der Waals surface area contributed by atoms with Crippen molar-refractivity contribution < 1.29 is 5.21 Å². The molecule has 0 aliphatic carbocycles. The molecule has 0 amide bonds. The van der Waals surface area contributed by atoms with E-state index in [0.717, 1.165) is 45.9 Å². The molecule has 108 valence electrons. The molecule has 0 aliphatic rings. The molecule has 1 N–H and O–H groups in total. The van der Waals surface area contributed by atoms with Crippen molar-refractivity contribution in [2.75, 3.05) is 0 Å². The van der Waals surface area contributed by atoms with Crippen molar-refractivity contribution in [2.45, 2.75) is 26.2 Å². The smallest absolute Gasteiger partial charge is 0.101 e. The molecule has 5 heteroatoms. The van der Waals surface area contributed by atoms with Gasteiger partial charge in [0, 0.05) is 0 Å². The number of hydrogen-bond donors (Lipinski definition) is 1. The van der Waals surface area contributed by atoms with E-state index in [-0.39, 0.29) is 0 Å². The second-order valence-electron chi connectivity index (χ2n) is 4.89. The summed E-state index contributed by atoms with van der Waals surface area (Å²) >= 11 is 1.62. The number of nitrogens with zero attached hydrogens (tertiary/aromatic N) is 3. The Balaban J connectivity index is 1.94. The molecule has 2 aromatic heterocycles. The molecule has 0 atom stereocenters. The summed E-state index contributed by atoms with van der Waals surface area (Å²) in [5.41, 5.74) is 2.83. The van der Waals surface area contributed by atoms with Crippen LogP contribution in [0.4, 0.5) is 0 Å². The van der Waals surface area contributed by atoms with Crippen molar-refractivity contribution in [1.29, 1.82) is 0 Å². The molecule has 1 aromatic carbocycles. The van der Waals surface area contributed by atoms with Gasteiger partial charge in [-0.15, -0.1) is 11.3 Å².